The number of amides is 1. The molecule has 0 bridgehead atoms. The quantitative estimate of drug-likeness (QED) is 0.317. The molecule has 176 valence electrons. The molecule has 2 aromatic rings. The summed E-state index contributed by atoms with van der Waals surface area (Å²) in [7, 11) is 0. The van der Waals surface area contributed by atoms with E-state index in [1.54, 1.807) is 0 Å². The number of hydrogen-bond acceptors (Lipinski definition) is 5. The number of hydrogen-bond donors (Lipinski definition) is 5. The molecular formula is C22H33Cl2N7O. The van der Waals surface area contributed by atoms with Crippen molar-refractivity contribution in [1.82, 2.24) is 20.6 Å². The van der Waals surface area contributed by atoms with Gasteiger partial charge in [-0.3, -0.25) is 10.2 Å². The molecule has 2 aliphatic rings. The first kappa shape index (κ1) is 25.9. The Morgan fingerprint density at radius 3 is 2.47 bits per heavy atom. The van der Waals surface area contributed by atoms with E-state index < -0.39 is 0 Å². The molecule has 1 heterocycles. The van der Waals surface area contributed by atoms with Gasteiger partial charge in [0.25, 0.3) is 5.91 Å². The largest absolute Gasteiger partial charge is 0.370 e. The Morgan fingerprint density at radius 1 is 1.09 bits per heavy atom. The van der Waals surface area contributed by atoms with Gasteiger partial charge in [-0.15, -0.1) is 24.8 Å². The maximum Gasteiger partial charge on any atom is 0.289 e. The van der Waals surface area contributed by atoms with E-state index in [1.165, 1.54) is 19.3 Å². The minimum absolute atomic E-state index is 0. The van der Waals surface area contributed by atoms with Crippen molar-refractivity contribution in [1.29, 1.82) is 5.41 Å². The number of anilines is 1. The number of nitrogens with two attached hydrogens (primary N) is 1. The summed E-state index contributed by atoms with van der Waals surface area (Å²) in [6.07, 6.45) is 7.69. The number of halogens is 2. The molecule has 0 spiro atoms. The van der Waals surface area contributed by atoms with Crippen molar-refractivity contribution in [2.75, 3.05) is 11.9 Å². The second kappa shape index (κ2) is 11.5. The van der Waals surface area contributed by atoms with Crippen LogP contribution in [0.1, 0.15) is 61.1 Å². The third kappa shape index (κ3) is 6.13. The predicted octanol–water partition coefficient (Wildman–Crippen LogP) is 3.52. The van der Waals surface area contributed by atoms with Gasteiger partial charge in [-0.05, 0) is 50.7 Å². The number of carbonyl (C=O) groups is 1. The van der Waals surface area contributed by atoms with E-state index in [0.29, 0.717) is 18.3 Å². The molecule has 6 N–H and O–H groups in total. The van der Waals surface area contributed by atoms with Gasteiger partial charge in [-0.25, -0.2) is 9.97 Å². The number of benzene rings is 1. The third-order valence-corrected chi connectivity index (χ3v) is 6.26. The Bertz CT molecular complexity index is 951. The van der Waals surface area contributed by atoms with E-state index >= 15 is 0 Å². The van der Waals surface area contributed by atoms with Gasteiger partial charge in [0.2, 0.25) is 5.82 Å². The average molecular weight is 482 g/mol. The van der Waals surface area contributed by atoms with Crippen molar-refractivity contribution < 1.29 is 4.79 Å². The molecule has 2 saturated carbocycles. The molecule has 32 heavy (non-hydrogen) atoms. The Kier molecular flexibility index (Phi) is 9.33. The fourth-order valence-electron chi connectivity index (χ4n) is 4.32. The molecule has 8 nitrogen and oxygen atoms in total. The highest BCUT2D eigenvalue weighted by atomic mass is 35.5. The van der Waals surface area contributed by atoms with Gasteiger partial charge in [0.1, 0.15) is 5.82 Å². The van der Waals surface area contributed by atoms with E-state index in [0.717, 1.165) is 42.1 Å². The molecule has 4 rings (SSSR count). The zero-order chi connectivity index (χ0) is 21.1. The summed E-state index contributed by atoms with van der Waals surface area (Å²) < 4.78 is 0. The van der Waals surface area contributed by atoms with E-state index in [2.05, 4.69) is 25.9 Å². The molecule has 0 radical (unpaired) electrons. The maximum absolute atomic E-state index is 12.7. The van der Waals surface area contributed by atoms with Crippen LogP contribution in [0.2, 0.25) is 0 Å². The Labute approximate surface area is 201 Å². The molecular weight excluding hydrogens is 449 g/mol. The van der Waals surface area contributed by atoms with Gasteiger partial charge in [0.15, 0.2) is 5.96 Å². The van der Waals surface area contributed by atoms with Gasteiger partial charge in [-0.2, -0.15) is 0 Å². The van der Waals surface area contributed by atoms with Crippen molar-refractivity contribution in [2.45, 2.75) is 64.0 Å². The van der Waals surface area contributed by atoms with Crippen LogP contribution in [-0.2, 0) is 0 Å². The molecule has 2 atom stereocenters. The lowest BCUT2D eigenvalue weighted by molar-refractivity contribution is 0.0929. The van der Waals surface area contributed by atoms with Crippen molar-refractivity contribution >= 4 is 53.4 Å². The SMILES string of the molecule is Cc1ccc2nc(C(=O)NCC3CCC3)nc(N[C@H]3CCCC[C@H]3NC(=N)N)c2c1.Cl.Cl. The molecule has 10 heteroatoms. The lowest BCUT2D eigenvalue weighted by atomic mass is 9.85. The standard InChI is InChI=1S/C22H31N7O.2ClH/c1-13-9-10-16-15(11-13)19(27-17-7-2-3-8-18(17)28-22(23)24)29-20(26-16)21(30)25-12-14-5-4-6-14;;/h9-11,14,17-18H,2-8,12H2,1H3,(H,25,30)(H4,23,24,28)(H,26,27,29);2*1H/t17-,18+;;/m0../s1. The van der Waals surface area contributed by atoms with E-state index in [4.69, 9.17) is 11.1 Å². The summed E-state index contributed by atoms with van der Waals surface area (Å²) in [4.78, 5) is 21.9. The van der Waals surface area contributed by atoms with E-state index in [-0.39, 0.29) is 54.6 Å². The first-order chi connectivity index (χ1) is 14.5. The topological polar surface area (TPSA) is 129 Å². The smallest absolute Gasteiger partial charge is 0.289 e. The van der Waals surface area contributed by atoms with Crippen LogP contribution in [0.15, 0.2) is 18.2 Å². The number of guanidine groups is 1. The lowest BCUT2D eigenvalue weighted by Crippen LogP contribution is -2.50. The molecule has 0 saturated heterocycles. The fourth-order valence-corrected chi connectivity index (χ4v) is 4.32. The molecule has 0 unspecified atom stereocenters. The Balaban J connectivity index is 0.00000181. The lowest BCUT2D eigenvalue weighted by Gasteiger charge is -2.33. The van der Waals surface area contributed by atoms with Crippen LogP contribution >= 0.6 is 24.8 Å². The van der Waals surface area contributed by atoms with Crippen molar-refractivity contribution in [3.05, 3.63) is 29.6 Å². The van der Waals surface area contributed by atoms with Crippen LogP contribution in [0.25, 0.3) is 10.9 Å². The third-order valence-electron chi connectivity index (χ3n) is 6.26. The van der Waals surface area contributed by atoms with Gasteiger partial charge >= 0.3 is 0 Å². The van der Waals surface area contributed by atoms with Crippen LogP contribution in [0.5, 0.6) is 0 Å². The van der Waals surface area contributed by atoms with Crippen molar-refractivity contribution in [3.63, 3.8) is 0 Å². The molecule has 1 aromatic heterocycles. The number of aryl methyl sites for hydroxylation is 1. The summed E-state index contributed by atoms with van der Waals surface area (Å²) in [5.41, 5.74) is 7.45. The zero-order valence-corrected chi connectivity index (χ0v) is 20.0. The summed E-state index contributed by atoms with van der Waals surface area (Å²) >= 11 is 0. The summed E-state index contributed by atoms with van der Waals surface area (Å²) in [5, 5.41) is 18.1. The highest BCUT2D eigenvalue weighted by Gasteiger charge is 2.27. The summed E-state index contributed by atoms with van der Waals surface area (Å²) in [6, 6.07) is 6.11. The van der Waals surface area contributed by atoms with Crippen LogP contribution < -0.4 is 21.7 Å². The van der Waals surface area contributed by atoms with Gasteiger partial charge < -0.3 is 21.7 Å². The van der Waals surface area contributed by atoms with Crippen LogP contribution in [-0.4, -0.2) is 40.5 Å². The number of rotatable bonds is 6. The monoisotopic (exact) mass is 481 g/mol. The number of carbonyl (C=O) groups excluding carboxylic acids is 1. The molecule has 0 aliphatic heterocycles. The highest BCUT2D eigenvalue weighted by Crippen LogP contribution is 2.27. The van der Waals surface area contributed by atoms with E-state index in [1.807, 2.05) is 25.1 Å². The second-order valence-electron chi connectivity index (χ2n) is 8.62. The molecule has 2 fully saturated rings. The zero-order valence-electron chi connectivity index (χ0n) is 18.3. The van der Waals surface area contributed by atoms with Crippen molar-refractivity contribution in [3.8, 4) is 0 Å². The van der Waals surface area contributed by atoms with Crippen LogP contribution in [0.3, 0.4) is 0 Å². The second-order valence-corrected chi connectivity index (χ2v) is 8.62. The molecule has 1 aromatic carbocycles. The number of fused-ring (bicyclic) bond motifs is 1. The Hall–Kier alpha value is -2.32. The van der Waals surface area contributed by atoms with Gasteiger partial charge in [0.05, 0.1) is 5.52 Å². The average Bonchev–Trinajstić information content (AvgIpc) is 2.68. The molecule has 2 aliphatic carbocycles. The highest BCUT2D eigenvalue weighted by molar-refractivity contribution is 5.96. The Morgan fingerprint density at radius 2 is 1.81 bits per heavy atom. The van der Waals surface area contributed by atoms with Gasteiger partial charge in [0, 0.05) is 24.0 Å². The number of nitrogens with zero attached hydrogens (tertiary/aromatic N) is 2. The van der Waals surface area contributed by atoms with Crippen molar-refractivity contribution in [2.24, 2.45) is 11.7 Å². The molecule has 1 amide bonds. The first-order valence-corrected chi connectivity index (χ1v) is 10.9. The summed E-state index contributed by atoms with van der Waals surface area (Å²) in [5.74, 6) is 1.19. The number of aromatic nitrogens is 2. The minimum atomic E-state index is -0.227. The maximum atomic E-state index is 12.7. The minimum Gasteiger partial charge on any atom is -0.370 e. The number of nitrogens with one attached hydrogen (secondary N) is 4. The van der Waals surface area contributed by atoms with Gasteiger partial charge in [-0.1, -0.05) is 30.9 Å². The van der Waals surface area contributed by atoms with Crippen LogP contribution in [0.4, 0.5) is 5.82 Å². The normalized spacial score (nSPS) is 20.3. The van der Waals surface area contributed by atoms with E-state index in [9.17, 15) is 4.79 Å². The first-order valence-electron chi connectivity index (χ1n) is 10.9. The predicted molar refractivity (Wildman–Crippen MR) is 133 cm³/mol. The van der Waals surface area contributed by atoms with Crippen LogP contribution in [0, 0.1) is 18.3 Å². The summed E-state index contributed by atoms with van der Waals surface area (Å²) in [6.45, 7) is 2.72. The fraction of sp³-hybridized carbons (Fsp3) is 0.545.